The van der Waals surface area contributed by atoms with Gasteiger partial charge in [-0.3, -0.25) is 0 Å². The van der Waals surface area contributed by atoms with Crippen molar-refractivity contribution in [1.82, 2.24) is 9.55 Å². The van der Waals surface area contributed by atoms with Crippen LogP contribution in [0.1, 0.15) is 0 Å². The van der Waals surface area contributed by atoms with E-state index in [0.29, 0.717) is 0 Å². The SMILES string of the molecule is c1ccc(-c2ccc(-c3cc(-n4c5ccccc5c5c6oc7ccccc7c6ccc54)cc(-c4cccc5c4oc4ccccc45)n3)cc2)cc1. The van der Waals surface area contributed by atoms with Crippen molar-refractivity contribution in [2.24, 2.45) is 0 Å². The summed E-state index contributed by atoms with van der Waals surface area (Å²) in [5.74, 6) is 0. The van der Waals surface area contributed by atoms with Gasteiger partial charge in [0.2, 0.25) is 0 Å². The molecule has 0 bridgehead atoms. The molecule has 4 aromatic heterocycles. The van der Waals surface area contributed by atoms with Crippen molar-refractivity contribution in [3.8, 4) is 39.3 Å². The van der Waals surface area contributed by atoms with Crippen molar-refractivity contribution in [1.29, 1.82) is 0 Å². The monoisotopic (exact) mass is 652 g/mol. The van der Waals surface area contributed by atoms with Crippen molar-refractivity contribution in [3.63, 3.8) is 0 Å². The Morgan fingerprint density at radius 2 is 0.980 bits per heavy atom. The molecule has 0 radical (unpaired) electrons. The van der Waals surface area contributed by atoms with Crippen LogP contribution in [0, 0.1) is 0 Å². The number of hydrogen-bond donors (Lipinski definition) is 0. The fourth-order valence-electron chi connectivity index (χ4n) is 7.86. The second-order valence-corrected chi connectivity index (χ2v) is 13.1. The number of furan rings is 2. The minimum atomic E-state index is 0.833. The minimum absolute atomic E-state index is 0.833. The third kappa shape index (κ3) is 4.23. The van der Waals surface area contributed by atoms with Gasteiger partial charge in [0.1, 0.15) is 22.3 Å². The van der Waals surface area contributed by atoms with Crippen LogP contribution in [0.5, 0.6) is 0 Å². The molecule has 4 heterocycles. The first-order valence-corrected chi connectivity index (χ1v) is 17.2. The van der Waals surface area contributed by atoms with E-state index >= 15 is 0 Å². The smallest absolute Gasteiger partial charge is 0.145 e. The van der Waals surface area contributed by atoms with E-state index in [4.69, 9.17) is 13.8 Å². The van der Waals surface area contributed by atoms with Crippen LogP contribution in [-0.2, 0) is 0 Å². The summed E-state index contributed by atoms with van der Waals surface area (Å²) in [6.07, 6.45) is 0. The zero-order valence-corrected chi connectivity index (χ0v) is 27.4. The summed E-state index contributed by atoms with van der Waals surface area (Å²) in [4.78, 5) is 5.35. The molecule has 0 unspecified atom stereocenters. The predicted molar refractivity (Wildman–Crippen MR) is 209 cm³/mol. The first-order valence-electron chi connectivity index (χ1n) is 17.2. The summed E-state index contributed by atoms with van der Waals surface area (Å²) in [7, 11) is 0. The third-order valence-corrected chi connectivity index (χ3v) is 10.2. The van der Waals surface area contributed by atoms with Crippen molar-refractivity contribution in [2.75, 3.05) is 0 Å². The zero-order valence-electron chi connectivity index (χ0n) is 27.4. The van der Waals surface area contributed by atoms with Crippen molar-refractivity contribution >= 4 is 65.7 Å². The quantitative estimate of drug-likeness (QED) is 0.190. The molecule has 51 heavy (non-hydrogen) atoms. The maximum atomic E-state index is 6.60. The molecule has 0 spiro atoms. The van der Waals surface area contributed by atoms with Crippen LogP contribution in [0.4, 0.5) is 0 Å². The van der Waals surface area contributed by atoms with Gasteiger partial charge in [0, 0.05) is 38.1 Å². The second-order valence-electron chi connectivity index (χ2n) is 13.1. The van der Waals surface area contributed by atoms with Crippen molar-refractivity contribution < 1.29 is 8.83 Å². The number of benzene rings is 7. The van der Waals surface area contributed by atoms with Gasteiger partial charge in [-0.05, 0) is 59.7 Å². The highest BCUT2D eigenvalue weighted by molar-refractivity contribution is 6.24. The van der Waals surface area contributed by atoms with E-state index < -0.39 is 0 Å². The van der Waals surface area contributed by atoms with Gasteiger partial charge >= 0.3 is 0 Å². The summed E-state index contributed by atoms with van der Waals surface area (Å²) in [6, 6.07) is 59.4. The summed E-state index contributed by atoms with van der Waals surface area (Å²) in [5, 5.41) is 6.66. The second kappa shape index (κ2) is 10.8. The molecule has 11 rings (SSSR count). The number of fused-ring (bicyclic) bond motifs is 10. The maximum Gasteiger partial charge on any atom is 0.145 e. The molecule has 0 aliphatic rings. The Kier molecular flexibility index (Phi) is 5.92. The van der Waals surface area contributed by atoms with E-state index in [1.165, 1.54) is 11.1 Å². The standard InChI is InChI=1S/C47H28N2O2/c1-2-11-29(12-3-1)30-21-23-31(24-22-30)39-27-32(28-40(48-39)37-17-10-16-35-33-13-5-8-19-43(33)50-46(35)37)49-41-18-7-4-15-38(41)45-42(49)26-25-36-34-14-6-9-20-44(34)51-47(36)45/h1-28H. The summed E-state index contributed by atoms with van der Waals surface area (Å²) in [5.41, 5.74) is 12.7. The van der Waals surface area contributed by atoms with Gasteiger partial charge in [0.25, 0.3) is 0 Å². The lowest BCUT2D eigenvalue weighted by Gasteiger charge is -2.14. The fraction of sp³-hybridized carbons (Fsp3) is 0. The first kappa shape index (κ1) is 28.0. The van der Waals surface area contributed by atoms with Gasteiger partial charge in [0.15, 0.2) is 0 Å². The van der Waals surface area contributed by atoms with E-state index in [1.54, 1.807) is 0 Å². The number of para-hydroxylation sites is 4. The minimum Gasteiger partial charge on any atom is -0.455 e. The Hall–Kier alpha value is -6.91. The molecule has 0 atom stereocenters. The van der Waals surface area contributed by atoms with E-state index in [0.717, 1.165) is 93.9 Å². The molecule has 4 nitrogen and oxygen atoms in total. The number of rotatable bonds is 4. The Morgan fingerprint density at radius 1 is 0.392 bits per heavy atom. The highest BCUT2D eigenvalue weighted by Gasteiger charge is 2.21. The van der Waals surface area contributed by atoms with Gasteiger partial charge in [-0.25, -0.2) is 4.98 Å². The van der Waals surface area contributed by atoms with E-state index in [-0.39, 0.29) is 0 Å². The molecule has 0 amide bonds. The van der Waals surface area contributed by atoms with Gasteiger partial charge in [-0.2, -0.15) is 0 Å². The van der Waals surface area contributed by atoms with Crippen LogP contribution >= 0.6 is 0 Å². The largest absolute Gasteiger partial charge is 0.455 e. The fourth-order valence-corrected chi connectivity index (χ4v) is 7.86. The molecule has 7 aromatic carbocycles. The lowest BCUT2D eigenvalue weighted by Crippen LogP contribution is -1.98. The van der Waals surface area contributed by atoms with E-state index in [9.17, 15) is 0 Å². The summed E-state index contributed by atoms with van der Waals surface area (Å²) < 4.78 is 15.5. The zero-order chi connectivity index (χ0) is 33.5. The molecular formula is C47H28N2O2. The van der Waals surface area contributed by atoms with Gasteiger partial charge < -0.3 is 13.4 Å². The molecule has 0 saturated heterocycles. The maximum absolute atomic E-state index is 6.60. The molecule has 0 fully saturated rings. The van der Waals surface area contributed by atoms with Crippen LogP contribution in [0.15, 0.2) is 179 Å². The Labute approximate surface area is 292 Å². The third-order valence-electron chi connectivity index (χ3n) is 10.2. The van der Waals surface area contributed by atoms with Crippen molar-refractivity contribution in [2.45, 2.75) is 0 Å². The van der Waals surface area contributed by atoms with Crippen LogP contribution in [0.25, 0.3) is 105 Å². The van der Waals surface area contributed by atoms with Gasteiger partial charge in [-0.1, -0.05) is 121 Å². The summed E-state index contributed by atoms with van der Waals surface area (Å²) in [6.45, 7) is 0. The van der Waals surface area contributed by atoms with E-state index in [2.05, 4.69) is 144 Å². The predicted octanol–water partition coefficient (Wildman–Crippen LogP) is 13.0. The topological polar surface area (TPSA) is 44.1 Å². The molecule has 0 saturated carbocycles. The van der Waals surface area contributed by atoms with Gasteiger partial charge in [0.05, 0.1) is 33.5 Å². The lowest BCUT2D eigenvalue weighted by molar-refractivity contribution is 0.670. The molecule has 238 valence electrons. The van der Waals surface area contributed by atoms with Crippen LogP contribution < -0.4 is 0 Å². The first-order chi connectivity index (χ1) is 25.3. The molecule has 0 aliphatic heterocycles. The Bertz CT molecular complexity index is 3130. The van der Waals surface area contributed by atoms with Crippen LogP contribution in [0.3, 0.4) is 0 Å². The van der Waals surface area contributed by atoms with Gasteiger partial charge in [-0.15, -0.1) is 0 Å². The lowest BCUT2D eigenvalue weighted by atomic mass is 10.0. The molecule has 11 aromatic rings. The van der Waals surface area contributed by atoms with E-state index in [1.807, 2.05) is 30.3 Å². The molecular weight excluding hydrogens is 625 g/mol. The highest BCUT2D eigenvalue weighted by atomic mass is 16.3. The number of hydrogen-bond acceptors (Lipinski definition) is 3. The number of pyridine rings is 1. The van der Waals surface area contributed by atoms with Crippen LogP contribution in [-0.4, -0.2) is 9.55 Å². The average molecular weight is 653 g/mol. The summed E-state index contributed by atoms with van der Waals surface area (Å²) >= 11 is 0. The Morgan fingerprint density at radius 3 is 1.76 bits per heavy atom. The number of aromatic nitrogens is 2. The molecule has 0 aliphatic carbocycles. The molecule has 0 N–H and O–H groups in total. The Balaban J connectivity index is 1.20. The number of nitrogens with zero attached hydrogens (tertiary/aromatic N) is 2. The van der Waals surface area contributed by atoms with Crippen molar-refractivity contribution in [3.05, 3.63) is 170 Å². The normalized spacial score (nSPS) is 11.9. The average Bonchev–Trinajstić information content (AvgIpc) is 3.88. The van der Waals surface area contributed by atoms with Crippen LogP contribution in [0.2, 0.25) is 0 Å². The highest BCUT2D eigenvalue weighted by Crippen LogP contribution is 2.42. The molecule has 4 heteroatoms.